The van der Waals surface area contributed by atoms with E-state index in [1.807, 2.05) is 31.2 Å². The van der Waals surface area contributed by atoms with Crippen molar-refractivity contribution in [1.82, 2.24) is 5.16 Å². The smallest absolute Gasteiger partial charge is 0.253 e. The molecule has 0 aliphatic heterocycles. The molecule has 1 heterocycles. The van der Waals surface area contributed by atoms with Gasteiger partial charge in [-0.1, -0.05) is 29.8 Å². The summed E-state index contributed by atoms with van der Waals surface area (Å²) >= 11 is 0. The van der Waals surface area contributed by atoms with Crippen LogP contribution in [0.3, 0.4) is 0 Å². The minimum atomic E-state index is -0.393. The van der Waals surface area contributed by atoms with Gasteiger partial charge in [0.25, 0.3) is 5.69 Å². The molecule has 0 atom stereocenters. The van der Waals surface area contributed by atoms with E-state index in [2.05, 4.69) is 9.79 Å². The molecule has 2 rings (SSSR count). The largest absolute Gasteiger partial charge is 0.388 e. The third-order valence-electron chi connectivity index (χ3n) is 2.17. The first kappa shape index (κ1) is 9.67. The molecule has 0 bridgehead atoms. The van der Waals surface area contributed by atoms with Crippen molar-refractivity contribution in [3.63, 3.8) is 0 Å². The Morgan fingerprint density at radius 2 is 2.07 bits per heavy atom. The molecule has 1 N–H and O–H groups in total. The van der Waals surface area contributed by atoms with Gasteiger partial charge in [0.05, 0.1) is 0 Å². The monoisotopic (exact) mass is 206 g/mol. The minimum Gasteiger partial charge on any atom is -0.388 e. The van der Waals surface area contributed by atoms with Crippen molar-refractivity contribution in [3.05, 3.63) is 40.7 Å². The summed E-state index contributed by atoms with van der Waals surface area (Å²) in [6.07, 6.45) is 0. The van der Waals surface area contributed by atoms with Crippen LogP contribution in [-0.4, -0.2) is 10.3 Å². The number of aliphatic hydroxyl groups excluding tert-OH is 1. The zero-order valence-corrected chi connectivity index (χ0v) is 8.17. The van der Waals surface area contributed by atoms with Crippen molar-refractivity contribution in [2.45, 2.75) is 13.5 Å². The zero-order valence-electron chi connectivity index (χ0n) is 8.17. The summed E-state index contributed by atoms with van der Waals surface area (Å²) in [7, 11) is 0. The van der Waals surface area contributed by atoms with Gasteiger partial charge in [0, 0.05) is 10.7 Å². The second-order valence-corrected chi connectivity index (χ2v) is 3.25. The highest BCUT2D eigenvalue weighted by molar-refractivity contribution is 5.60. The van der Waals surface area contributed by atoms with Crippen LogP contribution in [0.25, 0.3) is 11.3 Å². The van der Waals surface area contributed by atoms with E-state index in [1.165, 1.54) is 0 Å². The molecule has 0 unspecified atom stereocenters. The highest BCUT2D eigenvalue weighted by Gasteiger charge is 2.19. The predicted octanol–water partition coefficient (Wildman–Crippen LogP) is 0.776. The molecular weight excluding hydrogens is 196 g/mol. The Balaban J connectivity index is 2.49. The summed E-state index contributed by atoms with van der Waals surface area (Å²) < 4.78 is 4.42. The van der Waals surface area contributed by atoms with Crippen molar-refractivity contribution in [3.8, 4) is 11.3 Å². The van der Waals surface area contributed by atoms with E-state index in [-0.39, 0.29) is 10.6 Å². The number of hydrogen-bond donors (Lipinski definition) is 1. The summed E-state index contributed by atoms with van der Waals surface area (Å²) in [5.74, 6) is 0. The van der Waals surface area contributed by atoms with Gasteiger partial charge in [-0.3, -0.25) is 4.63 Å². The van der Waals surface area contributed by atoms with Crippen LogP contribution < -0.4 is 4.90 Å². The van der Waals surface area contributed by atoms with E-state index in [9.17, 15) is 5.21 Å². The third-order valence-corrected chi connectivity index (χ3v) is 2.17. The van der Waals surface area contributed by atoms with Crippen molar-refractivity contribution < 1.29 is 14.6 Å². The topological polar surface area (TPSA) is 73.2 Å². The summed E-state index contributed by atoms with van der Waals surface area (Å²) in [6.45, 7) is 1.57. The Hall–Kier alpha value is -1.88. The normalized spacial score (nSPS) is 10.5. The van der Waals surface area contributed by atoms with Gasteiger partial charge in [-0.05, 0) is 11.8 Å². The second-order valence-electron chi connectivity index (χ2n) is 3.25. The van der Waals surface area contributed by atoms with Crippen molar-refractivity contribution >= 4 is 0 Å². The molecule has 0 saturated carbocycles. The first-order chi connectivity index (χ1) is 7.22. The number of nitrogens with zero attached hydrogens (tertiary/aromatic N) is 2. The lowest BCUT2D eigenvalue weighted by Gasteiger charge is -1.95. The van der Waals surface area contributed by atoms with Crippen molar-refractivity contribution in [1.29, 1.82) is 0 Å². The van der Waals surface area contributed by atoms with Crippen LogP contribution in [0.2, 0.25) is 0 Å². The fourth-order valence-electron chi connectivity index (χ4n) is 1.33. The van der Waals surface area contributed by atoms with Gasteiger partial charge in [0.15, 0.2) is 0 Å². The Labute approximate surface area is 86.1 Å². The van der Waals surface area contributed by atoms with E-state index in [4.69, 9.17) is 5.11 Å². The Morgan fingerprint density at radius 3 is 2.67 bits per heavy atom. The fourth-order valence-corrected chi connectivity index (χ4v) is 1.33. The molecule has 78 valence electrons. The predicted molar refractivity (Wildman–Crippen MR) is 51.6 cm³/mol. The van der Waals surface area contributed by atoms with E-state index in [1.54, 1.807) is 0 Å². The quantitative estimate of drug-likeness (QED) is 0.737. The molecule has 0 saturated heterocycles. The molecule has 0 radical (unpaired) electrons. The molecule has 1 aromatic carbocycles. The van der Waals surface area contributed by atoms with Crippen LogP contribution in [0, 0.1) is 12.1 Å². The number of aryl methyl sites for hydroxylation is 1. The van der Waals surface area contributed by atoms with Gasteiger partial charge < -0.3 is 10.3 Å². The number of benzene rings is 1. The molecule has 0 amide bonds. The maximum Gasteiger partial charge on any atom is 0.253 e. The van der Waals surface area contributed by atoms with Crippen molar-refractivity contribution in [2.75, 3.05) is 0 Å². The third kappa shape index (κ3) is 1.69. The van der Waals surface area contributed by atoms with E-state index >= 15 is 0 Å². The number of hydrogen-bond acceptors (Lipinski definition) is 4. The van der Waals surface area contributed by atoms with Gasteiger partial charge >= 0.3 is 0 Å². The van der Waals surface area contributed by atoms with Gasteiger partial charge in [-0.25, -0.2) is 0 Å². The van der Waals surface area contributed by atoms with E-state index in [0.717, 1.165) is 11.1 Å². The zero-order chi connectivity index (χ0) is 10.8. The van der Waals surface area contributed by atoms with Gasteiger partial charge in [-0.15, -0.1) is 0 Å². The number of rotatable bonds is 2. The SMILES string of the molecule is Cc1ccc(-c2no[n+]([O-])c2CO)cc1. The van der Waals surface area contributed by atoms with Gasteiger partial charge in [0.1, 0.15) is 6.61 Å². The number of aliphatic hydroxyl groups is 1. The molecule has 5 heteroatoms. The average Bonchev–Trinajstić information content (AvgIpc) is 2.61. The maximum absolute atomic E-state index is 11.0. The molecule has 0 aliphatic carbocycles. The lowest BCUT2D eigenvalue weighted by atomic mass is 10.1. The van der Waals surface area contributed by atoms with Gasteiger partial charge in [0.2, 0.25) is 5.69 Å². The fraction of sp³-hybridized carbons (Fsp3) is 0.200. The molecular formula is C10H10N2O3. The first-order valence-corrected chi connectivity index (χ1v) is 4.49. The molecule has 1 aromatic heterocycles. The maximum atomic E-state index is 11.0. The standard InChI is InChI=1S/C10H10N2O3/c1-7-2-4-8(5-3-7)10-9(6-13)12(14)15-11-10/h2-5,13H,6H2,1H3. The Kier molecular flexibility index (Phi) is 2.39. The molecule has 0 spiro atoms. The van der Waals surface area contributed by atoms with E-state index in [0.29, 0.717) is 5.69 Å². The van der Waals surface area contributed by atoms with Crippen molar-refractivity contribution in [2.24, 2.45) is 0 Å². The highest BCUT2D eigenvalue weighted by atomic mass is 16.8. The van der Waals surface area contributed by atoms with Gasteiger partial charge in [-0.2, -0.15) is 0 Å². The highest BCUT2D eigenvalue weighted by Crippen LogP contribution is 2.19. The lowest BCUT2D eigenvalue weighted by molar-refractivity contribution is -0.809. The Bertz CT molecular complexity index is 462. The number of aromatic nitrogens is 2. The minimum absolute atomic E-state index is 0.124. The molecule has 0 fully saturated rings. The summed E-state index contributed by atoms with van der Waals surface area (Å²) in [6, 6.07) is 7.46. The summed E-state index contributed by atoms with van der Waals surface area (Å²) in [5, 5.41) is 23.6. The first-order valence-electron chi connectivity index (χ1n) is 4.49. The van der Waals surface area contributed by atoms with Crippen LogP contribution in [-0.2, 0) is 6.61 Å². The molecule has 15 heavy (non-hydrogen) atoms. The molecule has 5 nitrogen and oxygen atoms in total. The summed E-state index contributed by atoms with van der Waals surface area (Å²) in [5.41, 5.74) is 2.37. The van der Waals surface area contributed by atoms with E-state index < -0.39 is 6.61 Å². The van der Waals surface area contributed by atoms with Crippen LogP contribution in [0.1, 0.15) is 11.3 Å². The Morgan fingerprint density at radius 1 is 1.40 bits per heavy atom. The molecule has 2 aromatic rings. The van der Waals surface area contributed by atoms with Crippen LogP contribution in [0.5, 0.6) is 0 Å². The summed E-state index contributed by atoms with van der Waals surface area (Å²) in [4.78, 5) is 0.217. The second kappa shape index (κ2) is 3.70. The van der Waals surface area contributed by atoms with Crippen LogP contribution >= 0.6 is 0 Å². The lowest BCUT2D eigenvalue weighted by Crippen LogP contribution is -2.28. The van der Waals surface area contributed by atoms with Crippen LogP contribution in [0.15, 0.2) is 28.9 Å². The molecule has 0 aliphatic rings. The average molecular weight is 206 g/mol. The van der Waals surface area contributed by atoms with Crippen LogP contribution in [0.4, 0.5) is 0 Å².